The normalized spacial score (nSPS) is 17.9. The predicted molar refractivity (Wildman–Crippen MR) is 147 cm³/mol. The van der Waals surface area contributed by atoms with E-state index < -0.39 is 0 Å². The van der Waals surface area contributed by atoms with Crippen LogP contribution in [-0.2, 0) is 4.79 Å². The van der Waals surface area contributed by atoms with Crippen LogP contribution >= 0.6 is 11.6 Å². The Morgan fingerprint density at radius 1 is 1.00 bits per heavy atom. The maximum atomic E-state index is 14.3. The molecule has 0 aliphatic carbocycles. The number of rotatable bonds is 7. The van der Waals surface area contributed by atoms with Gasteiger partial charge in [0.05, 0.1) is 38.2 Å². The SMILES string of the molecule is COc1ccc(OC)c([C@H]2CC(c3ccccc3Cl)=NN2C(=O)CN2CCN(c3ccccc3F)CC2)c1. The van der Waals surface area contributed by atoms with Crippen molar-refractivity contribution in [2.45, 2.75) is 12.5 Å². The Morgan fingerprint density at radius 2 is 1.74 bits per heavy atom. The molecule has 2 heterocycles. The Hall–Kier alpha value is -3.62. The fourth-order valence-corrected chi connectivity index (χ4v) is 5.30. The molecule has 0 radical (unpaired) electrons. The fourth-order valence-electron chi connectivity index (χ4n) is 5.06. The molecule has 9 heteroatoms. The minimum Gasteiger partial charge on any atom is -0.497 e. The summed E-state index contributed by atoms with van der Waals surface area (Å²) in [4.78, 5) is 17.8. The van der Waals surface area contributed by atoms with E-state index in [1.54, 1.807) is 31.4 Å². The van der Waals surface area contributed by atoms with Crippen LogP contribution in [0.25, 0.3) is 0 Å². The summed E-state index contributed by atoms with van der Waals surface area (Å²) in [5.74, 6) is 0.971. The molecule has 5 rings (SSSR count). The van der Waals surface area contributed by atoms with Gasteiger partial charge < -0.3 is 14.4 Å². The van der Waals surface area contributed by atoms with Gasteiger partial charge in [-0.05, 0) is 36.4 Å². The summed E-state index contributed by atoms with van der Waals surface area (Å²) in [7, 11) is 3.22. The number of hydrogen-bond acceptors (Lipinski definition) is 6. The number of nitrogens with zero attached hydrogens (tertiary/aromatic N) is 4. The molecular weight excluding hydrogens is 507 g/mol. The highest BCUT2D eigenvalue weighted by Crippen LogP contribution is 2.40. The highest BCUT2D eigenvalue weighted by Gasteiger charge is 2.36. The summed E-state index contributed by atoms with van der Waals surface area (Å²) in [6, 6.07) is 19.5. The Labute approximate surface area is 227 Å². The summed E-state index contributed by atoms with van der Waals surface area (Å²) in [5.41, 5.74) is 2.95. The van der Waals surface area contributed by atoms with E-state index in [-0.39, 0.29) is 24.3 Å². The van der Waals surface area contributed by atoms with Gasteiger partial charge in [0.25, 0.3) is 5.91 Å². The number of piperazine rings is 1. The van der Waals surface area contributed by atoms with Crippen molar-refractivity contribution in [3.8, 4) is 11.5 Å². The molecule has 198 valence electrons. The molecule has 0 unspecified atom stereocenters. The van der Waals surface area contributed by atoms with E-state index in [9.17, 15) is 9.18 Å². The first-order valence-corrected chi connectivity index (χ1v) is 12.9. The summed E-state index contributed by atoms with van der Waals surface area (Å²) >= 11 is 6.49. The Kier molecular flexibility index (Phi) is 7.81. The van der Waals surface area contributed by atoms with Gasteiger partial charge in [-0.25, -0.2) is 9.40 Å². The van der Waals surface area contributed by atoms with Crippen LogP contribution in [0.1, 0.15) is 23.6 Å². The Bertz CT molecular complexity index is 1340. The number of carbonyl (C=O) groups is 1. The van der Waals surface area contributed by atoms with E-state index >= 15 is 0 Å². The first kappa shape index (κ1) is 26.0. The molecule has 1 saturated heterocycles. The first-order valence-electron chi connectivity index (χ1n) is 12.6. The number of hydrogen-bond donors (Lipinski definition) is 0. The second-order valence-corrected chi connectivity index (χ2v) is 9.71. The lowest BCUT2D eigenvalue weighted by Gasteiger charge is -2.36. The number of ether oxygens (including phenoxy) is 2. The smallest absolute Gasteiger partial charge is 0.257 e. The minimum atomic E-state index is -0.376. The molecule has 0 aromatic heterocycles. The fraction of sp³-hybridized carbons (Fsp3) is 0.310. The molecule has 0 spiro atoms. The van der Waals surface area contributed by atoms with E-state index in [1.807, 2.05) is 53.4 Å². The van der Waals surface area contributed by atoms with Gasteiger partial charge in [-0.1, -0.05) is 41.9 Å². The highest BCUT2D eigenvalue weighted by molar-refractivity contribution is 6.34. The topological polar surface area (TPSA) is 57.6 Å². The van der Waals surface area contributed by atoms with Crippen LogP contribution in [-0.4, -0.2) is 68.5 Å². The van der Waals surface area contributed by atoms with Crippen LogP contribution < -0.4 is 14.4 Å². The van der Waals surface area contributed by atoms with Crippen molar-refractivity contribution in [1.82, 2.24) is 9.91 Å². The average molecular weight is 537 g/mol. The van der Waals surface area contributed by atoms with Gasteiger partial charge in [0.1, 0.15) is 17.3 Å². The first-order chi connectivity index (χ1) is 18.5. The zero-order valence-corrected chi connectivity index (χ0v) is 22.2. The molecule has 0 bridgehead atoms. The number of methoxy groups -OCH3 is 2. The number of hydrazone groups is 1. The van der Waals surface area contributed by atoms with Gasteiger partial charge in [0.15, 0.2) is 0 Å². The molecule has 0 saturated carbocycles. The molecular formula is C29H30ClFN4O3. The van der Waals surface area contributed by atoms with Crippen molar-refractivity contribution in [2.75, 3.05) is 51.8 Å². The number of amides is 1. The Morgan fingerprint density at radius 3 is 2.45 bits per heavy atom. The van der Waals surface area contributed by atoms with Crippen molar-refractivity contribution in [3.63, 3.8) is 0 Å². The summed E-state index contributed by atoms with van der Waals surface area (Å²) < 4.78 is 25.4. The summed E-state index contributed by atoms with van der Waals surface area (Å²) in [6.45, 7) is 2.75. The lowest BCUT2D eigenvalue weighted by Crippen LogP contribution is -2.49. The van der Waals surface area contributed by atoms with E-state index in [0.29, 0.717) is 54.8 Å². The average Bonchev–Trinajstić information content (AvgIpc) is 3.39. The van der Waals surface area contributed by atoms with E-state index in [4.69, 9.17) is 26.2 Å². The second-order valence-electron chi connectivity index (χ2n) is 9.31. The molecule has 38 heavy (non-hydrogen) atoms. The van der Waals surface area contributed by atoms with Crippen LogP contribution in [0.5, 0.6) is 11.5 Å². The summed E-state index contributed by atoms with van der Waals surface area (Å²) in [5, 5.41) is 6.92. The van der Waals surface area contributed by atoms with Crippen LogP contribution in [0.15, 0.2) is 71.8 Å². The lowest BCUT2D eigenvalue weighted by atomic mass is 9.97. The van der Waals surface area contributed by atoms with E-state index in [2.05, 4.69) is 4.90 Å². The largest absolute Gasteiger partial charge is 0.497 e. The van der Waals surface area contributed by atoms with Crippen molar-refractivity contribution in [1.29, 1.82) is 0 Å². The van der Waals surface area contributed by atoms with Crippen LogP contribution in [0.4, 0.5) is 10.1 Å². The van der Waals surface area contributed by atoms with Crippen LogP contribution in [0, 0.1) is 5.82 Å². The standard InChI is InChI=1S/C29H30ClFN4O3/c1-37-20-11-12-28(38-2)22(17-20)27-18-25(21-7-3-4-8-23(21)30)32-35(27)29(36)19-33-13-15-34(16-14-33)26-10-6-5-9-24(26)31/h3-12,17,27H,13-16,18-19H2,1-2H3/t27-/m1/s1. The molecule has 1 fully saturated rings. The number of anilines is 1. The molecule has 7 nitrogen and oxygen atoms in total. The monoisotopic (exact) mass is 536 g/mol. The molecule has 3 aromatic rings. The second kappa shape index (κ2) is 11.4. The molecule has 0 N–H and O–H groups in total. The Balaban J connectivity index is 1.37. The zero-order chi connectivity index (χ0) is 26.6. The predicted octanol–water partition coefficient (Wildman–Crippen LogP) is 5.00. The molecule has 2 aliphatic rings. The number of para-hydroxylation sites is 1. The van der Waals surface area contributed by atoms with Gasteiger partial charge in [-0.15, -0.1) is 0 Å². The van der Waals surface area contributed by atoms with Crippen molar-refractivity contribution >= 4 is 28.9 Å². The van der Waals surface area contributed by atoms with Crippen molar-refractivity contribution in [3.05, 3.63) is 88.7 Å². The van der Waals surface area contributed by atoms with Crippen molar-refractivity contribution in [2.24, 2.45) is 5.10 Å². The quantitative estimate of drug-likeness (QED) is 0.425. The van der Waals surface area contributed by atoms with Crippen LogP contribution in [0.3, 0.4) is 0 Å². The van der Waals surface area contributed by atoms with E-state index in [0.717, 1.165) is 16.8 Å². The maximum Gasteiger partial charge on any atom is 0.257 e. The molecule has 2 aliphatic heterocycles. The van der Waals surface area contributed by atoms with Gasteiger partial charge in [0.2, 0.25) is 0 Å². The highest BCUT2D eigenvalue weighted by atomic mass is 35.5. The third-order valence-corrected chi connectivity index (χ3v) is 7.40. The van der Waals surface area contributed by atoms with Crippen molar-refractivity contribution < 1.29 is 18.7 Å². The zero-order valence-electron chi connectivity index (χ0n) is 21.4. The third-order valence-electron chi connectivity index (χ3n) is 7.07. The third kappa shape index (κ3) is 5.33. The molecule has 1 atom stereocenters. The number of benzene rings is 3. The summed E-state index contributed by atoms with van der Waals surface area (Å²) in [6.07, 6.45) is 0.486. The van der Waals surface area contributed by atoms with Gasteiger partial charge in [-0.3, -0.25) is 9.69 Å². The van der Waals surface area contributed by atoms with Crippen LogP contribution in [0.2, 0.25) is 5.02 Å². The minimum absolute atomic E-state index is 0.124. The van der Waals surface area contributed by atoms with E-state index in [1.165, 1.54) is 6.07 Å². The number of halogens is 2. The van der Waals surface area contributed by atoms with Gasteiger partial charge in [-0.2, -0.15) is 5.10 Å². The molecule has 1 amide bonds. The molecule has 3 aromatic carbocycles. The van der Waals surface area contributed by atoms with Gasteiger partial charge >= 0.3 is 0 Å². The number of carbonyl (C=O) groups excluding carboxylic acids is 1. The maximum absolute atomic E-state index is 14.3. The van der Waals surface area contributed by atoms with Gasteiger partial charge in [0, 0.05) is 48.7 Å². The lowest BCUT2D eigenvalue weighted by molar-refractivity contribution is -0.134.